The summed E-state index contributed by atoms with van der Waals surface area (Å²) >= 11 is 5.92. The number of barbiturate groups is 1. The van der Waals surface area contributed by atoms with Crippen LogP contribution in [0.4, 0.5) is 4.79 Å². The van der Waals surface area contributed by atoms with Gasteiger partial charge in [0.25, 0.3) is 11.8 Å². The largest absolute Gasteiger partial charge is 0.387 e. The van der Waals surface area contributed by atoms with Gasteiger partial charge >= 0.3 is 6.03 Å². The molecule has 5 rings (SSSR count). The molecule has 0 unspecified atom stereocenters. The molecule has 0 aliphatic carbocycles. The summed E-state index contributed by atoms with van der Waals surface area (Å²) in [6.45, 7) is 1.43. The van der Waals surface area contributed by atoms with Crippen LogP contribution in [-0.2, 0) is 19.9 Å². The van der Waals surface area contributed by atoms with Gasteiger partial charge in [0.05, 0.1) is 0 Å². The first-order valence-electron chi connectivity index (χ1n) is 11.9. The smallest absolute Gasteiger partial charge is 0.328 e. The quantitative estimate of drug-likeness (QED) is 0.413. The van der Waals surface area contributed by atoms with Crippen LogP contribution in [-0.4, -0.2) is 71.4 Å². The molecule has 0 saturated carbocycles. The van der Waals surface area contributed by atoms with Crippen molar-refractivity contribution in [1.29, 1.82) is 0 Å². The maximum Gasteiger partial charge on any atom is 0.328 e. The Labute approximate surface area is 218 Å². The SMILES string of the molecule is O=C1NC(=O)C(c2ccc(C#Cc3ccc(Cl)cc3)cc2)(N2CCC3(CC2)CN(C(=O)CO)C3)C(=O)N1. The van der Waals surface area contributed by atoms with Crippen molar-refractivity contribution in [2.45, 2.75) is 18.4 Å². The summed E-state index contributed by atoms with van der Waals surface area (Å²) in [5.74, 6) is 4.44. The maximum atomic E-state index is 13.3. The lowest BCUT2D eigenvalue weighted by atomic mass is 9.70. The number of rotatable bonds is 3. The van der Waals surface area contributed by atoms with Crippen molar-refractivity contribution in [3.05, 3.63) is 70.2 Å². The molecule has 1 spiro atoms. The van der Waals surface area contributed by atoms with E-state index >= 15 is 0 Å². The summed E-state index contributed by atoms with van der Waals surface area (Å²) in [4.78, 5) is 53.8. The van der Waals surface area contributed by atoms with Crippen LogP contribution < -0.4 is 10.6 Å². The maximum absolute atomic E-state index is 13.3. The van der Waals surface area contributed by atoms with E-state index in [-0.39, 0.29) is 11.3 Å². The molecule has 10 heteroatoms. The molecule has 3 N–H and O–H groups in total. The van der Waals surface area contributed by atoms with E-state index in [4.69, 9.17) is 16.7 Å². The Morgan fingerprint density at radius 2 is 1.41 bits per heavy atom. The van der Waals surface area contributed by atoms with Crippen molar-refractivity contribution in [2.24, 2.45) is 5.41 Å². The molecule has 3 aliphatic heterocycles. The minimum Gasteiger partial charge on any atom is -0.387 e. The molecule has 190 valence electrons. The summed E-state index contributed by atoms with van der Waals surface area (Å²) in [6, 6.07) is 13.2. The number of likely N-dealkylation sites (tertiary alicyclic amines) is 2. The predicted octanol–water partition coefficient (Wildman–Crippen LogP) is 1.22. The zero-order valence-electron chi connectivity index (χ0n) is 19.9. The van der Waals surface area contributed by atoms with Crippen LogP contribution in [0.3, 0.4) is 0 Å². The van der Waals surface area contributed by atoms with Gasteiger partial charge in [-0.15, -0.1) is 0 Å². The van der Waals surface area contributed by atoms with Gasteiger partial charge in [0.15, 0.2) is 0 Å². The van der Waals surface area contributed by atoms with Crippen molar-refractivity contribution in [3.63, 3.8) is 0 Å². The first kappa shape index (κ1) is 25.0. The number of carbonyl (C=O) groups excluding carboxylic acids is 4. The predicted molar refractivity (Wildman–Crippen MR) is 134 cm³/mol. The third-order valence-corrected chi connectivity index (χ3v) is 7.70. The number of carbonyl (C=O) groups is 4. The fourth-order valence-electron chi connectivity index (χ4n) is 5.40. The highest BCUT2D eigenvalue weighted by Crippen LogP contribution is 2.44. The molecule has 2 aromatic carbocycles. The molecule has 3 fully saturated rings. The van der Waals surface area contributed by atoms with Gasteiger partial charge in [-0.3, -0.25) is 29.9 Å². The molecular weight excluding hydrogens is 496 g/mol. The Balaban J connectivity index is 1.39. The van der Waals surface area contributed by atoms with Crippen molar-refractivity contribution >= 4 is 35.4 Å². The minimum absolute atomic E-state index is 0.0962. The number of halogens is 1. The topological polar surface area (TPSA) is 119 Å². The van der Waals surface area contributed by atoms with Crippen molar-refractivity contribution in [3.8, 4) is 11.8 Å². The van der Waals surface area contributed by atoms with E-state index in [9.17, 15) is 19.2 Å². The van der Waals surface area contributed by atoms with E-state index in [0.29, 0.717) is 55.2 Å². The molecule has 0 atom stereocenters. The number of nitrogens with zero attached hydrogens (tertiary/aromatic N) is 2. The second-order valence-electron chi connectivity index (χ2n) is 9.68. The zero-order chi connectivity index (χ0) is 26.2. The Kier molecular flexibility index (Phi) is 6.50. The van der Waals surface area contributed by atoms with Gasteiger partial charge in [0, 0.05) is 47.7 Å². The Morgan fingerprint density at radius 3 is 1.92 bits per heavy atom. The van der Waals surface area contributed by atoms with Gasteiger partial charge in [0.1, 0.15) is 6.61 Å². The van der Waals surface area contributed by atoms with Crippen LogP contribution in [0.2, 0.25) is 5.02 Å². The summed E-state index contributed by atoms with van der Waals surface area (Å²) in [5.41, 5.74) is 0.131. The Bertz CT molecular complexity index is 1290. The highest BCUT2D eigenvalue weighted by molar-refractivity contribution is 6.30. The number of benzene rings is 2. The molecule has 9 nitrogen and oxygen atoms in total. The average molecular weight is 521 g/mol. The molecule has 3 saturated heterocycles. The number of aliphatic hydroxyl groups is 1. The van der Waals surface area contributed by atoms with Crippen molar-refractivity contribution in [1.82, 2.24) is 20.4 Å². The zero-order valence-corrected chi connectivity index (χ0v) is 20.7. The molecule has 37 heavy (non-hydrogen) atoms. The average Bonchev–Trinajstić information content (AvgIpc) is 2.87. The van der Waals surface area contributed by atoms with E-state index in [1.165, 1.54) is 0 Å². The number of aliphatic hydroxyl groups excluding tert-OH is 1. The van der Waals surface area contributed by atoms with Gasteiger partial charge < -0.3 is 10.0 Å². The monoisotopic (exact) mass is 520 g/mol. The molecule has 3 aliphatic rings. The highest BCUT2D eigenvalue weighted by atomic mass is 35.5. The van der Waals surface area contributed by atoms with Gasteiger partial charge in [-0.05, 0) is 54.8 Å². The molecule has 3 heterocycles. The number of piperidine rings is 1. The van der Waals surface area contributed by atoms with Crippen LogP contribution in [0, 0.1) is 17.3 Å². The van der Waals surface area contributed by atoms with Gasteiger partial charge in [-0.2, -0.15) is 0 Å². The van der Waals surface area contributed by atoms with Crippen molar-refractivity contribution in [2.75, 3.05) is 32.8 Å². The van der Waals surface area contributed by atoms with Gasteiger partial charge in [-0.1, -0.05) is 35.6 Å². The number of imide groups is 2. The fraction of sp³-hybridized carbons (Fsp3) is 0.333. The second kappa shape index (κ2) is 9.63. The highest BCUT2D eigenvalue weighted by Gasteiger charge is 2.58. The van der Waals surface area contributed by atoms with Gasteiger partial charge in [-0.25, -0.2) is 4.79 Å². The molecule has 0 radical (unpaired) electrons. The molecule has 5 amide bonds. The molecule has 0 aromatic heterocycles. The molecule has 0 bridgehead atoms. The van der Waals surface area contributed by atoms with Crippen LogP contribution in [0.5, 0.6) is 0 Å². The third kappa shape index (κ3) is 4.48. The number of urea groups is 1. The first-order chi connectivity index (χ1) is 17.8. The van der Waals surface area contributed by atoms with E-state index < -0.39 is 30.0 Å². The lowest BCUT2D eigenvalue weighted by molar-refractivity contribution is -0.157. The minimum atomic E-state index is -1.71. The van der Waals surface area contributed by atoms with Crippen LogP contribution in [0.15, 0.2) is 48.5 Å². The number of hydrogen-bond acceptors (Lipinski definition) is 6. The standard InChI is InChI=1S/C27H25ClN4O5/c28-21-9-5-19(6-10-21)2-1-18-3-7-20(8-4-18)27(23(35)29-25(37)30-24(27)36)32-13-11-26(12-14-32)16-31(17-26)22(34)15-33/h3-10,33H,11-17H2,(H2,29,30,35,36,37). The fourth-order valence-corrected chi connectivity index (χ4v) is 5.52. The van der Waals surface area contributed by atoms with E-state index in [0.717, 1.165) is 5.56 Å². The molecular formula is C27H25ClN4O5. The van der Waals surface area contributed by atoms with E-state index in [1.807, 2.05) is 12.1 Å². The normalized spacial score (nSPS) is 20.4. The second-order valence-corrected chi connectivity index (χ2v) is 10.1. The lowest BCUT2D eigenvalue weighted by Gasteiger charge is -2.56. The Hall–Kier alpha value is -3.71. The van der Waals surface area contributed by atoms with Gasteiger partial charge in [0.2, 0.25) is 11.4 Å². The molecule has 2 aromatic rings. The third-order valence-electron chi connectivity index (χ3n) is 7.45. The van der Waals surface area contributed by atoms with Crippen LogP contribution in [0.25, 0.3) is 0 Å². The Morgan fingerprint density at radius 1 is 0.892 bits per heavy atom. The summed E-state index contributed by atoms with van der Waals surface area (Å²) in [7, 11) is 0. The van der Waals surface area contributed by atoms with E-state index in [1.54, 1.807) is 46.2 Å². The van der Waals surface area contributed by atoms with Crippen molar-refractivity contribution < 1.29 is 24.3 Å². The van der Waals surface area contributed by atoms with Crippen LogP contribution in [0.1, 0.15) is 29.5 Å². The lowest BCUT2D eigenvalue weighted by Crippen LogP contribution is -2.73. The summed E-state index contributed by atoms with van der Waals surface area (Å²) in [5, 5.41) is 14.3. The number of amides is 5. The first-order valence-corrected chi connectivity index (χ1v) is 12.3. The number of nitrogens with one attached hydrogen (secondary N) is 2. The summed E-state index contributed by atoms with van der Waals surface area (Å²) in [6.07, 6.45) is 1.34. The van der Waals surface area contributed by atoms with Crippen LogP contribution >= 0.6 is 11.6 Å². The summed E-state index contributed by atoms with van der Waals surface area (Å²) < 4.78 is 0. The number of hydrogen-bond donors (Lipinski definition) is 3. The van der Waals surface area contributed by atoms with E-state index in [2.05, 4.69) is 22.5 Å².